The summed E-state index contributed by atoms with van der Waals surface area (Å²) >= 11 is 3.14. The molecule has 1 aromatic carbocycles. The summed E-state index contributed by atoms with van der Waals surface area (Å²) in [5.74, 6) is 0.724. The Hall–Kier alpha value is -3.44. The van der Waals surface area contributed by atoms with Gasteiger partial charge in [-0.2, -0.15) is 0 Å². The molecule has 0 radical (unpaired) electrons. The van der Waals surface area contributed by atoms with Crippen LogP contribution in [0.3, 0.4) is 0 Å². The number of nitrogens with zero attached hydrogens (tertiary/aromatic N) is 1. The highest BCUT2D eigenvalue weighted by molar-refractivity contribution is 8.15. The maximum absolute atomic E-state index is 12.8. The van der Waals surface area contributed by atoms with Gasteiger partial charge in [-0.05, 0) is 84.9 Å². The van der Waals surface area contributed by atoms with Crippen molar-refractivity contribution >= 4 is 74.8 Å². The molecule has 0 spiro atoms. The number of nitrogens with one attached hydrogen (secondary N) is 3. The van der Waals surface area contributed by atoms with E-state index in [1.165, 1.54) is 0 Å². The fraction of sp³-hybridized carbons (Fsp3) is 0.629. The minimum Gasteiger partial charge on any atom is -0.492 e. The number of unbranched alkanes of at least 4 members (excludes halogenated alkanes) is 1. The number of thioether (sulfide) groups is 3. The van der Waals surface area contributed by atoms with Crippen molar-refractivity contribution in [2.24, 2.45) is 0 Å². The molecule has 0 saturated carbocycles. The first kappa shape index (κ1) is 44.7. The van der Waals surface area contributed by atoms with Crippen molar-refractivity contribution in [1.29, 1.82) is 0 Å². The van der Waals surface area contributed by atoms with Gasteiger partial charge in [-0.1, -0.05) is 53.8 Å². The Labute approximate surface area is 318 Å². The predicted molar refractivity (Wildman–Crippen MR) is 204 cm³/mol. The number of hydrogen-bond donors (Lipinski definition) is 3. The van der Waals surface area contributed by atoms with Gasteiger partial charge in [0.25, 0.3) is 5.24 Å². The van der Waals surface area contributed by atoms with Gasteiger partial charge in [0.1, 0.15) is 23.6 Å². The smallest absolute Gasteiger partial charge is 0.408 e. The lowest BCUT2D eigenvalue weighted by Gasteiger charge is -2.20. The average molecular weight is 785 g/mol. The van der Waals surface area contributed by atoms with E-state index < -0.39 is 28.6 Å². The third kappa shape index (κ3) is 20.0. The van der Waals surface area contributed by atoms with Crippen LogP contribution in [0.5, 0.6) is 5.75 Å². The second-order valence-corrected chi connectivity index (χ2v) is 17.7. The maximum atomic E-state index is 12.8. The fourth-order valence-electron chi connectivity index (χ4n) is 4.49. The molecule has 52 heavy (non-hydrogen) atoms. The second kappa shape index (κ2) is 21.9. The molecular formula is C35H52N4O10S3. The quantitative estimate of drug-likeness (QED) is 0.154. The van der Waals surface area contributed by atoms with E-state index in [4.69, 9.17) is 14.2 Å². The molecule has 1 aliphatic rings. The molecule has 2 rings (SSSR count). The molecule has 1 heterocycles. The number of ether oxygens (including phenoxy) is 3. The molecule has 1 aliphatic heterocycles. The van der Waals surface area contributed by atoms with Crippen LogP contribution in [0, 0.1) is 0 Å². The lowest BCUT2D eigenvalue weighted by molar-refractivity contribution is -0.130. The minimum absolute atomic E-state index is 0.0404. The van der Waals surface area contributed by atoms with Crippen LogP contribution < -0.4 is 20.7 Å². The Morgan fingerprint density at radius 1 is 0.885 bits per heavy atom. The number of rotatable bonds is 19. The Bertz CT molecular complexity index is 1400. The lowest BCUT2D eigenvalue weighted by atomic mass is 10.1. The van der Waals surface area contributed by atoms with E-state index in [0.29, 0.717) is 63.2 Å². The van der Waals surface area contributed by atoms with E-state index in [-0.39, 0.29) is 45.6 Å². The minimum atomic E-state index is -0.697. The summed E-state index contributed by atoms with van der Waals surface area (Å²) in [6.45, 7) is 10.6. The van der Waals surface area contributed by atoms with Crippen molar-refractivity contribution in [3.05, 3.63) is 29.8 Å². The predicted octanol–water partition coefficient (Wildman–Crippen LogP) is 5.31. The van der Waals surface area contributed by atoms with Crippen molar-refractivity contribution in [2.75, 3.05) is 39.0 Å². The van der Waals surface area contributed by atoms with Gasteiger partial charge >= 0.3 is 12.2 Å². The molecule has 14 nitrogen and oxygen atoms in total. The number of alkyl carbamates (subject to hydrolysis) is 2. The number of likely N-dealkylation sites (N-methyl/N-ethyl adjacent to an activating group) is 1. The molecule has 1 saturated heterocycles. The molecule has 0 aliphatic carbocycles. The van der Waals surface area contributed by atoms with Crippen LogP contribution in [0.2, 0.25) is 0 Å². The van der Waals surface area contributed by atoms with Crippen LogP contribution in [0.25, 0.3) is 0 Å². The maximum Gasteiger partial charge on any atom is 0.408 e. The Morgan fingerprint density at radius 3 is 2.04 bits per heavy atom. The molecule has 2 unspecified atom stereocenters. The van der Waals surface area contributed by atoms with Gasteiger partial charge in [0.2, 0.25) is 22.0 Å². The van der Waals surface area contributed by atoms with E-state index in [0.717, 1.165) is 40.8 Å². The van der Waals surface area contributed by atoms with Crippen LogP contribution in [-0.4, -0.2) is 105 Å². The van der Waals surface area contributed by atoms with Gasteiger partial charge in [0.05, 0.1) is 24.9 Å². The summed E-state index contributed by atoms with van der Waals surface area (Å²) < 4.78 is 16.1. The molecule has 3 N–H and O–H groups in total. The van der Waals surface area contributed by atoms with Gasteiger partial charge in [-0.15, -0.1) is 0 Å². The van der Waals surface area contributed by atoms with Gasteiger partial charge in [0, 0.05) is 24.5 Å². The number of carbonyl (C=O) groups is 7. The van der Waals surface area contributed by atoms with E-state index in [1.807, 2.05) is 12.1 Å². The van der Waals surface area contributed by atoms with Gasteiger partial charge in [-0.3, -0.25) is 29.3 Å². The van der Waals surface area contributed by atoms with Crippen LogP contribution in [-0.2, 0) is 35.1 Å². The molecule has 1 fully saturated rings. The van der Waals surface area contributed by atoms with Crippen molar-refractivity contribution in [3.63, 3.8) is 0 Å². The van der Waals surface area contributed by atoms with Crippen LogP contribution in [0.4, 0.5) is 14.4 Å². The summed E-state index contributed by atoms with van der Waals surface area (Å²) in [7, 11) is 1.71. The van der Waals surface area contributed by atoms with E-state index in [1.54, 1.807) is 65.6 Å². The fourth-order valence-corrected chi connectivity index (χ4v) is 7.35. The van der Waals surface area contributed by atoms with Gasteiger partial charge < -0.3 is 29.7 Å². The largest absolute Gasteiger partial charge is 0.492 e. The van der Waals surface area contributed by atoms with E-state index in [9.17, 15) is 33.6 Å². The van der Waals surface area contributed by atoms with Crippen molar-refractivity contribution in [2.45, 2.75) is 102 Å². The summed E-state index contributed by atoms with van der Waals surface area (Å²) in [6, 6.07) is 7.27. The van der Waals surface area contributed by atoms with E-state index in [2.05, 4.69) is 16.0 Å². The number of carbonyl (C=O) groups excluding carboxylic acids is 7. The van der Waals surface area contributed by atoms with Crippen LogP contribution >= 0.6 is 35.3 Å². The highest BCUT2D eigenvalue weighted by atomic mass is 32.2. The zero-order valence-electron chi connectivity index (χ0n) is 31.0. The lowest BCUT2D eigenvalue weighted by Crippen LogP contribution is -2.35. The van der Waals surface area contributed by atoms with Crippen molar-refractivity contribution < 1.29 is 47.8 Å². The van der Waals surface area contributed by atoms with Crippen molar-refractivity contribution in [1.82, 2.24) is 20.9 Å². The second-order valence-electron chi connectivity index (χ2n) is 14.0. The molecular weight excluding hydrogens is 733 g/mol. The normalized spacial score (nSPS) is 14.9. The summed E-state index contributed by atoms with van der Waals surface area (Å²) in [6.07, 6.45) is 1.79. The monoisotopic (exact) mass is 784 g/mol. The topological polar surface area (TPSA) is 187 Å². The Morgan fingerprint density at radius 2 is 1.48 bits per heavy atom. The van der Waals surface area contributed by atoms with Gasteiger partial charge in [0.15, 0.2) is 0 Å². The SMILES string of the molecule is CN(CCOc1ccc(CC2SC(=O)NC2=O)cc1)C(=O)CCCCC(CCSC(=O)CNC(=O)OC(C)(C)C)SC(=O)CNC(=O)OC(C)(C)C. The molecule has 0 bridgehead atoms. The molecule has 290 valence electrons. The molecule has 0 aromatic heterocycles. The third-order valence-corrected chi connectivity index (χ3v) is 10.1. The summed E-state index contributed by atoms with van der Waals surface area (Å²) in [4.78, 5) is 86.4. The summed E-state index contributed by atoms with van der Waals surface area (Å²) in [5, 5.41) is 5.79. The first-order valence-corrected chi connectivity index (χ1v) is 19.8. The Balaban J connectivity index is 1.76. The van der Waals surface area contributed by atoms with E-state index >= 15 is 0 Å². The highest BCUT2D eigenvalue weighted by Crippen LogP contribution is 2.25. The highest BCUT2D eigenvalue weighted by Gasteiger charge is 2.31. The third-order valence-electron chi connectivity index (χ3n) is 6.95. The molecule has 2 atom stereocenters. The molecule has 1 aromatic rings. The van der Waals surface area contributed by atoms with Crippen LogP contribution in [0.15, 0.2) is 24.3 Å². The van der Waals surface area contributed by atoms with Crippen molar-refractivity contribution in [3.8, 4) is 5.75 Å². The van der Waals surface area contributed by atoms with Gasteiger partial charge in [-0.25, -0.2) is 9.59 Å². The standard InChI is InChI=1S/C35H52N4O10S3/c1-34(2,3)48-31(44)36-21-28(41)50-19-16-25(51-29(42)22-37-32(45)49-35(4,5)6)10-8-9-11-27(40)39(7)17-18-47-24-14-12-23(13-15-24)20-26-30(43)38-33(46)52-26/h12-15,25-26H,8-11,16-22H2,1-7H3,(H,36,44)(H,37,45)(H,38,43,46). The zero-order chi connectivity index (χ0) is 38.9. The van der Waals surface area contributed by atoms with Crippen LogP contribution in [0.1, 0.15) is 79.2 Å². The molecule has 5 amide bonds. The average Bonchev–Trinajstić information content (AvgIpc) is 3.35. The first-order chi connectivity index (χ1) is 24.3. The number of amides is 5. The number of hydrogen-bond acceptors (Lipinski definition) is 13. The number of imide groups is 1. The molecule has 17 heteroatoms. The zero-order valence-corrected chi connectivity index (χ0v) is 33.4. The first-order valence-electron chi connectivity index (χ1n) is 17.1. The summed E-state index contributed by atoms with van der Waals surface area (Å²) in [5.41, 5.74) is -0.470. The Kier molecular flexibility index (Phi) is 18.9. The number of benzene rings is 1.